The molecule has 0 radical (unpaired) electrons. The minimum atomic E-state index is 0.247. The number of halogens is 1. The molecule has 64 valence electrons. The fourth-order valence-electron chi connectivity index (χ4n) is 0.904. The highest BCUT2D eigenvalue weighted by atomic mass is 35.5. The van der Waals surface area contributed by atoms with Crippen LogP contribution in [-0.2, 0) is 11.2 Å². The number of ether oxygens (including phenoxy) is 1. The fraction of sp³-hybridized carbons (Fsp3) is 0.222. The summed E-state index contributed by atoms with van der Waals surface area (Å²) in [5.41, 5.74) is 0.995. The van der Waals surface area contributed by atoms with Gasteiger partial charge in [-0.1, -0.05) is 23.7 Å². The van der Waals surface area contributed by atoms with Gasteiger partial charge in [0.05, 0.1) is 7.11 Å². The largest absolute Gasteiger partial charge is 0.484 e. The maximum absolute atomic E-state index is 7.28. The summed E-state index contributed by atoms with van der Waals surface area (Å²) in [5, 5.41) is 7.97. The van der Waals surface area contributed by atoms with E-state index in [2.05, 4.69) is 0 Å². The molecule has 0 aromatic heterocycles. The van der Waals surface area contributed by atoms with Gasteiger partial charge in [0.15, 0.2) is 5.90 Å². The Morgan fingerprint density at radius 2 is 2.33 bits per heavy atom. The Labute approximate surface area is 76.6 Å². The van der Waals surface area contributed by atoms with Crippen LogP contribution in [0.15, 0.2) is 24.3 Å². The zero-order valence-corrected chi connectivity index (χ0v) is 7.56. The predicted molar refractivity (Wildman–Crippen MR) is 49.9 cm³/mol. The Hall–Kier alpha value is -1.02. The van der Waals surface area contributed by atoms with Crippen LogP contribution in [-0.4, -0.2) is 13.0 Å². The molecule has 1 N–H and O–H groups in total. The van der Waals surface area contributed by atoms with Crippen LogP contribution in [0, 0.1) is 5.41 Å². The molecule has 0 heterocycles. The average Bonchev–Trinajstić information content (AvgIpc) is 2.04. The Morgan fingerprint density at radius 3 is 2.92 bits per heavy atom. The van der Waals surface area contributed by atoms with Gasteiger partial charge in [-0.25, -0.2) is 0 Å². The molecule has 0 aliphatic heterocycles. The van der Waals surface area contributed by atoms with E-state index < -0.39 is 0 Å². The summed E-state index contributed by atoms with van der Waals surface area (Å²) >= 11 is 5.76. The Bertz CT molecular complexity index is 286. The smallest absolute Gasteiger partial charge is 0.184 e. The van der Waals surface area contributed by atoms with Gasteiger partial charge in [0.2, 0.25) is 0 Å². The zero-order chi connectivity index (χ0) is 8.97. The van der Waals surface area contributed by atoms with E-state index in [1.165, 1.54) is 7.11 Å². The molecule has 0 amide bonds. The first-order chi connectivity index (χ1) is 5.72. The highest BCUT2D eigenvalue weighted by Gasteiger charge is 1.98. The van der Waals surface area contributed by atoms with Crippen LogP contribution in [0.2, 0.25) is 5.02 Å². The summed E-state index contributed by atoms with van der Waals surface area (Å²) in [4.78, 5) is 0. The molecule has 0 bridgehead atoms. The first-order valence-corrected chi connectivity index (χ1v) is 3.96. The molecular formula is C9H10ClNO. The molecule has 0 atom stereocenters. The van der Waals surface area contributed by atoms with Crippen LogP contribution in [0.5, 0.6) is 0 Å². The maximum atomic E-state index is 7.28. The summed E-state index contributed by atoms with van der Waals surface area (Å²) in [5.74, 6) is 0.247. The van der Waals surface area contributed by atoms with Gasteiger partial charge in [0.1, 0.15) is 0 Å². The van der Waals surface area contributed by atoms with Crippen LogP contribution in [0.4, 0.5) is 0 Å². The first-order valence-electron chi connectivity index (χ1n) is 3.58. The fourth-order valence-corrected chi connectivity index (χ4v) is 1.12. The lowest BCUT2D eigenvalue weighted by molar-refractivity contribution is 0.390. The molecule has 0 aliphatic carbocycles. The lowest BCUT2D eigenvalue weighted by atomic mass is 10.1. The van der Waals surface area contributed by atoms with E-state index in [1.807, 2.05) is 24.3 Å². The molecule has 1 aromatic carbocycles. The van der Waals surface area contributed by atoms with Crippen molar-refractivity contribution in [2.24, 2.45) is 0 Å². The van der Waals surface area contributed by atoms with Gasteiger partial charge in [-0.05, 0) is 17.7 Å². The number of methoxy groups -OCH3 is 1. The number of rotatable bonds is 2. The van der Waals surface area contributed by atoms with Crippen LogP contribution < -0.4 is 0 Å². The summed E-state index contributed by atoms with van der Waals surface area (Å²) in [6, 6.07) is 7.41. The van der Waals surface area contributed by atoms with E-state index in [1.54, 1.807) is 0 Å². The standard InChI is InChI=1S/C9H10ClNO/c1-12-9(11)6-7-3-2-4-8(10)5-7/h2-5,11H,6H2,1H3. The van der Waals surface area contributed by atoms with Crippen LogP contribution in [0.1, 0.15) is 5.56 Å². The normalized spacial score (nSPS) is 9.50. The van der Waals surface area contributed by atoms with Crippen molar-refractivity contribution in [2.75, 3.05) is 7.11 Å². The molecule has 0 fully saturated rings. The van der Waals surface area contributed by atoms with Gasteiger partial charge < -0.3 is 4.74 Å². The highest BCUT2D eigenvalue weighted by molar-refractivity contribution is 6.30. The highest BCUT2D eigenvalue weighted by Crippen LogP contribution is 2.11. The topological polar surface area (TPSA) is 33.1 Å². The second-order valence-corrected chi connectivity index (χ2v) is 2.87. The van der Waals surface area contributed by atoms with Crippen molar-refractivity contribution in [2.45, 2.75) is 6.42 Å². The quantitative estimate of drug-likeness (QED) is 0.555. The molecular weight excluding hydrogens is 174 g/mol. The lowest BCUT2D eigenvalue weighted by Gasteiger charge is -2.01. The van der Waals surface area contributed by atoms with E-state index >= 15 is 0 Å². The summed E-state index contributed by atoms with van der Waals surface area (Å²) in [6.45, 7) is 0. The van der Waals surface area contributed by atoms with Crippen molar-refractivity contribution in [3.05, 3.63) is 34.9 Å². The molecule has 0 unspecified atom stereocenters. The Balaban J connectivity index is 2.69. The number of hydrogen-bond acceptors (Lipinski definition) is 2. The molecule has 0 spiro atoms. The minimum absolute atomic E-state index is 0.247. The van der Waals surface area contributed by atoms with Gasteiger partial charge in [0, 0.05) is 11.4 Å². The molecule has 0 saturated carbocycles. The zero-order valence-electron chi connectivity index (χ0n) is 6.80. The van der Waals surface area contributed by atoms with Gasteiger partial charge in [-0.3, -0.25) is 5.41 Å². The van der Waals surface area contributed by atoms with E-state index in [4.69, 9.17) is 21.7 Å². The first kappa shape index (κ1) is 9.07. The van der Waals surface area contributed by atoms with Crippen LogP contribution in [0.25, 0.3) is 0 Å². The summed E-state index contributed by atoms with van der Waals surface area (Å²) < 4.78 is 4.73. The second-order valence-electron chi connectivity index (χ2n) is 2.43. The maximum Gasteiger partial charge on any atom is 0.184 e. The number of benzene rings is 1. The van der Waals surface area contributed by atoms with Crippen molar-refractivity contribution in [1.82, 2.24) is 0 Å². The van der Waals surface area contributed by atoms with E-state index in [9.17, 15) is 0 Å². The second kappa shape index (κ2) is 4.12. The number of hydrogen-bond donors (Lipinski definition) is 1. The lowest BCUT2D eigenvalue weighted by Crippen LogP contribution is -2.02. The minimum Gasteiger partial charge on any atom is -0.484 e. The number of nitrogens with one attached hydrogen (secondary N) is 1. The molecule has 1 aromatic rings. The van der Waals surface area contributed by atoms with E-state index in [0.717, 1.165) is 5.56 Å². The molecule has 2 nitrogen and oxygen atoms in total. The Morgan fingerprint density at radius 1 is 1.58 bits per heavy atom. The van der Waals surface area contributed by atoms with E-state index in [0.29, 0.717) is 11.4 Å². The van der Waals surface area contributed by atoms with Crippen molar-refractivity contribution < 1.29 is 4.74 Å². The van der Waals surface area contributed by atoms with Gasteiger partial charge in [-0.2, -0.15) is 0 Å². The summed E-state index contributed by atoms with van der Waals surface area (Å²) in [6.07, 6.45) is 0.497. The van der Waals surface area contributed by atoms with Gasteiger partial charge in [-0.15, -0.1) is 0 Å². The predicted octanol–water partition coefficient (Wildman–Crippen LogP) is 2.51. The third-order valence-electron chi connectivity index (χ3n) is 1.50. The summed E-state index contributed by atoms with van der Waals surface area (Å²) in [7, 11) is 1.49. The third kappa shape index (κ3) is 2.55. The van der Waals surface area contributed by atoms with Crippen LogP contribution >= 0.6 is 11.6 Å². The van der Waals surface area contributed by atoms with Gasteiger partial charge >= 0.3 is 0 Å². The van der Waals surface area contributed by atoms with E-state index in [-0.39, 0.29) is 5.90 Å². The van der Waals surface area contributed by atoms with Crippen molar-refractivity contribution >= 4 is 17.5 Å². The molecule has 0 saturated heterocycles. The van der Waals surface area contributed by atoms with Crippen LogP contribution in [0.3, 0.4) is 0 Å². The van der Waals surface area contributed by atoms with Gasteiger partial charge in [0.25, 0.3) is 0 Å². The molecule has 3 heteroatoms. The SMILES string of the molecule is COC(=N)Cc1cccc(Cl)c1. The van der Waals surface area contributed by atoms with Crippen molar-refractivity contribution in [3.63, 3.8) is 0 Å². The monoisotopic (exact) mass is 183 g/mol. The van der Waals surface area contributed by atoms with Crippen molar-refractivity contribution in [3.8, 4) is 0 Å². The third-order valence-corrected chi connectivity index (χ3v) is 1.74. The average molecular weight is 184 g/mol. The Kier molecular flexibility index (Phi) is 3.11. The molecule has 0 aliphatic rings. The van der Waals surface area contributed by atoms with Crippen molar-refractivity contribution in [1.29, 1.82) is 5.41 Å². The molecule has 1 rings (SSSR count). The molecule has 12 heavy (non-hydrogen) atoms.